The fourth-order valence-electron chi connectivity index (χ4n) is 2.60. The Labute approximate surface area is 138 Å². The van der Waals surface area contributed by atoms with Crippen molar-refractivity contribution >= 4 is 11.7 Å². The summed E-state index contributed by atoms with van der Waals surface area (Å²) in [6.45, 7) is -0.382. The predicted molar refractivity (Wildman–Crippen MR) is 85.3 cm³/mol. The molecule has 1 aliphatic rings. The number of ether oxygens (including phenoxy) is 1. The maximum Gasteiger partial charge on any atom is 0.256 e. The molecular formula is C17H18N2O5. The average molecular weight is 330 g/mol. The zero-order chi connectivity index (χ0) is 17.1. The number of aliphatic hydroxyl groups is 3. The molecule has 24 heavy (non-hydrogen) atoms. The van der Waals surface area contributed by atoms with Crippen molar-refractivity contribution in [3.8, 4) is 0 Å². The molecule has 2 heterocycles. The fraction of sp³-hybridized carbons (Fsp3) is 0.294. The summed E-state index contributed by atoms with van der Waals surface area (Å²) in [7, 11) is 0. The minimum atomic E-state index is -1.16. The van der Waals surface area contributed by atoms with Gasteiger partial charge in [0, 0.05) is 17.3 Å². The number of amides is 1. The van der Waals surface area contributed by atoms with E-state index in [1.54, 1.807) is 36.4 Å². The minimum Gasteiger partial charge on any atom is -0.394 e. The van der Waals surface area contributed by atoms with E-state index in [1.165, 1.54) is 6.20 Å². The largest absolute Gasteiger partial charge is 0.394 e. The fourth-order valence-corrected chi connectivity index (χ4v) is 2.60. The lowest BCUT2D eigenvalue weighted by atomic mass is 10.0. The van der Waals surface area contributed by atoms with Gasteiger partial charge in [-0.3, -0.25) is 4.79 Å². The van der Waals surface area contributed by atoms with Crippen LogP contribution in [0.15, 0.2) is 48.7 Å². The molecule has 1 fully saturated rings. The minimum absolute atomic E-state index is 0.274. The van der Waals surface area contributed by atoms with Crippen LogP contribution >= 0.6 is 0 Å². The molecule has 0 saturated carbocycles. The van der Waals surface area contributed by atoms with Crippen molar-refractivity contribution in [2.75, 3.05) is 11.9 Å². The van der Waals surface area contributed by atoms with Gasteiger partial charge < -0.3 is 25.4 Å². The molecule has 0 radical (unpaired) electrons. The summed E-state index contributed by atoms with van der Waals surface area (Å²) in [4.78, 5) is 16.2. The summed E-state index contributed by atoms with van der Waals surface area (Å²) in [5.74, 6) is 0.0862. The molecule has 7 heteroatoms. The van der Waals surface area contributed by atoms with E-state index in [-0.39, 0.29) is 12.5 Å². The highest BCUT2D eigenvalue weighted by Crippen LogP contribution is 2.33. The third kappa shape index (κ3) is 3.29. The van der Waals surface area contributed by atoms with Crippen LogP contribution in [0, 0.1) is 0 Å². The van der Waals surface area contributed by atoms with Crippen molar-refractivity contribution < 1.29 is 24.9 Å². The van der Waals surface area contributed by atoms with Gasteiger partial charge >= 0.3 is 0 Å². The van der Waals surface area contributed by atoms with Crippen LogP contribution in [0.5, 0.6) is 0 Å². The highest BCUT2D eigenvalue weighted by atomic mass is 16.6. The average Bonchev–Trinajstić information content (AvgIpc) is 2.91. The van der Waals surface area contributed by atoms with Gasteiger partial charge in [-0.15, -0.1) is 0 Å². The van der Waals surface area contributed by atoms with E-state index in [0.717, 1.165) is 0 Å². The second-order valence-corrected chi connectivity index (χ2v) is 5.56. The van der Waals surface area contributed by atoms with Crippen molar-refractivity contribution in [2.24, 2.45) is 0 Å². The molecule has 7 nitrogen and oxygen atoms in total. The normalized spacial score (nSPS) is 26.3. The first-order chi connectivity index (χ1) is 11.6. The highest BCUT2D eigenvalue weighted by molar-refractivity contribution is 6.03. The maximum atomic E-state index is 12.1. The maximum absolute atomic E-state index is 12.1. The highest BCUT2D eigenvalue weighted by Gasteiger charge is 2.43. The number of carbonyl (C=O) groups excluding carboxylic acids is 1. The molecule has 2 aromatic rings. The van der Waals surface area contributed by atoms with Gasteiger partial charge in [-0.25, -0.2) is 4.98 Å². The number of aromatic nitrogens is 1. The molecule has 126 valence electrons. The number of benzene rings is 1. The lowest BCUT2D eigenvalue weighted by Gasteiger charge is -2.15. The van der Waals surface area contributed by atoms with Gasteiger partial charge in [0.15, 0.2) is 0 Å². The number of hydrogen-bond acceptors (Lipinski definition) is 6. The molecule has 0 bridgehead atoms. The van der Waals surface area contributed by atoms with Gasteiger partial charge in [0.05, 0.1) is 6.61 Å². The van der Waals surface area contributed by atoms with Gasteiger partial charge in [0.25, 0.3) is 5.91 Å². The van der Waals surface area contributed by atoms with Crippen LogP contribution < -0.4 is 5.32 Å². The molecule has 1 aromatic carbocycles. The molecule has 1 saturated heterocycles. The van der Waals surface area contributed by atoms with Gasteiger partial charge in [-0.2, -0.15) is 0 Å². The molecule has 3 rings (SSSR count). The van der Waals surface area contributed by atoms with Crippen LogP contribution in [0.3, 0.4) is 0 Å². The Morgan fingerprint density at radius 2 is 1.88 bits per heavy atom. The lowest BCUT2D eigenvalue weighted by molar-refractivity contribution is -0.0228. The first kappa shape index (κ1) is 16.5. The monoisotopic (exact) mass is 330 g/mol. The quantitative estimate of drug-likeness (QED) is 0.649. The zero-order valence-electron chi connectivity index (χ0n) is 12.7. The van der Waals surface area contributed by atoms with E-state index < -0.39 is 24.4 Å². The van der Waals surface area contributed by atoms with Crippen molar-refractivity contribution in [1.29, 1.82) is 0 Å². The van der Waals surface area contributed by atoms with Crippen LogP contribution in [0.2, 0.25) is 0 Å². The summed E-state index contributed by atoms with van der Waals surface area (Å²) in [6, 6.07) is 12.0. The van der Waals surface area contributed by atoms with Gasteiger partial charge in [-0.1, -0.05) is 24.3 Å². The molecule has 1 aromatic heterocycles. The van der Waals surface area contributed by atoms with Crippen molar-refractivity contribution in [2.45, 2.75) is 24.4 Å². The molecule has 4 atom stereocenters. The Morgan fingerprint density at radius 3 is 2.46 bits per heavy atom. The lowest BCUT2D eigenvalue weighted by Crippen LogP contribution is -2.32. The van der Waals surface area contributed by atoms with Crippen molar-refractivity contribution in [3.05, 3.63) is 59.8 Å². The zero-order valence-corrected chi connectivity index (χ0v) is 12.7. The van der Waals surface area contributed by atoms with E-state index in [1.807, 2.05) is 6.07 Å². The SMILES string of the molecule is O=C(Nc1ccc([C@@H]2O[C@H](CO)[C@@H](O)[C@H]2O)cn1)c1ccccc1. The van der Waals surface area contributed by atoms with E-state index in [0.29, 0.717) is 16.9 Å². The number of nitrogens with zero attached hydrogens (tertiary/aromatic N) is 1. The third-order valence-corrected chi connectivity index (χ3v) is 3.93. The molecule has 1 aliphatic heterocycles. The Bertz CT molecular complexity index is 692. The first-order valence-electron chi connectivity index (χ1n) is 7.55. The number of hydrogen-bond donors (Lipinski definition) is 4. The summed E-state index contributed by atoms with van der Waals surface area (Å²) < 4.78 is 5.43. The Morgan fingerprint density at radius 1 is 1.12 bits per heavy atom. The topological polar surface area (TPSA) is 112 Å². The van der Waals surface area contributed by atoms with Crippen LogP contribution in [-0.4, -0.2) is 51.1 Å². The number of anilines is 1. The third-order valence-electron chi connectivity index (χ3n) is 3.93. The second-order valence-electron chi connectivity index (χ2n) is 5.56. The summed E-state index contributed by atoms with van der Waals surface area (Å²) in [6.07, 6.45) is -2.45. The smallest absolute Gasteiger partial charge is 0.256 e. The van der Waals surface area contributed by atoms with Crippen molar-refractivity contribution in [1.82, 2.24) is 4.98 Å². The number of rotatable bonds is 4. The molecular weight excluding hydrogens is 312 g/mol. The number of pyridine rings is 1. The summed E-state index contributed by atoms with van der Waals surface area (Å²) in [5.41, 5.74) is 1.07. The van der Waals surface area contributed by atoms with E-state index in [2.05, 4.69) is 10.3 Å². The summed E-state index contributed by atoms with van der Waals surface area (Å²) in [5, 5.41) is 31.6. The molecule has 4 N–H and O–H groups in total. The Balaban J connectivity index is 1.69. The Hall–Kier alpha value is -2.32. The molecule has 0 spiro atoms. The Kier molecular flexibility index (Phi) is 4.86. The van der Waals surface area contributed by atoms with E-state index in [9.17, 15) is 15.0 Å². The summed E-state index contributed by atoms with van der Waals surface area (Å²) >= 11 is 0. The van der Waals surface area contributed by atoms with Gasteiger partial charge in [-0.05, 0) is 18.2 Å². The van der Waals surface area contributed by atoms with E-state index >= 15 is 0 Å². The number of nitrogens with one attached hydrogen (secondary N) is 1. The van der Waals surface area contributed by atoms with E-state index in [4.69, 9.17) is 9.84 Å². The standard InChI is InChI=1S/C17H18N2O5/c20-9-12-14(21)15(22)16(24-12)11-6-7-13(18-8-11)19-17(23)10-4-2-1-3-5-10/h1-8,12,14-16,20-22H,9H2,(H,18,19,23)/t12-,14-,15-,16+/m1/s1. The van der Waals surface area contributed by atoms with Crippen LogP contribution in [0.25, 0.3) is 0 Å². The molecule has 1 amide bonds. The number of carbonyl (C=O) groups is 1. The molecule has 0 aliphatic carbocycles. The van der Waals surface area contributed by atoms with Crippen molar-refractivity contribution in [3.63, 3.8) is 0 Å². The van der Waals surface area contributed by atoms with Crippen LogP contribution in [-0.2, 0) is 4.74 Å². The van der Waals surface area contributed by atoms with Gasteiger partial charge in [0.2, 0.25) is 0 Å². The van der Waals surface area contributed by atoms with Crippen LogP contribution in [0.4, 0.5) is 5.82 Å². The van der Waals surface area contributed by atoms with Crippen LogP contribution in [0.1, 0.15) is 22.0 Å². The van der Waals surface area contributed by atoms with Gasteiger partial charge in [0.1, 0.15) is 30.2 Å². The first-order valence-corrected chi connectivity index (χ1v) is 7.55. The molecule has 0 unspecified atom stereocenters. The second kappa shape index (κ2) is 7.06. The predicted octanol–water partition coefficient (Wildman–Crippen LogP) is 0.488. The number of aliphatic hydroxyl groups excluding tert-OH is 3.